The summed E-state index contributed by atoms with van der Waals surface area (Å²) in [5, 5.41) is 17.6. The molecule has 1 heterocycles. The standard InChI is InChI=1S/C26H31FN4O2/c1-16(2)25-29-15-22(31-25)23-21(28-14-18-9-6-10-19(27)11-18)12-20(24(23)32)26(33)30-13-17-7-4-3-5-8-17/h3-11,15-16,20-21,23-24,28,32H,12-14H2,1-2H3,(H,29,31)(H,30,33)/t20-,21+,23+,24+/m0/s1. The van der Waals surface area contributed by atoms with Crippen molar-refractivity contribution in [2.45, 2.75) is 57.3 Å². The lowest BCUT2D eigenvalue weighted by atomic mass is 9.96. The molecule has 7 heteroatoms. The summed E-state index contributed by atoms with van der Waals surface area (Å²) in [4.78, 5) is 20.8. The van der Waals surface area contributed by atoms with Gasteiger partial charge in [-0.15, -0.1) is 0 Å². The molecule has 0 aliphatic heterocycles. The number of aliphatic hydroxyl groups excluding tert-OH is 1. The molecule has 4 N–H and O–H groups in total. The van der Waals surface area contributed by atoms with Crippen LogP contribution in [-0.2, 0) is 17.9 Å². The molecular formula is C26H31FN4O2. The van der Waals surface area contributed by atoms with E-state index in [1.807, 2.05) is 50.2 Å². The van der Waals surface area contributed by atoms with Gasteiger partial charge in [0.25, 0.3) is 0 Å². The lowest BCUT2D eigenvalue weighted by Crippen LogP contribution is -2.36. The summed E-state index contributed by atoms with van der Waals surface area (Å²) in [6.45, 7) is 4.95. The smallest absolute Gasteiger partial charge is 0.226 e. The van der Waals surface area contributed by atoms with E-state index >= 15 is 0 Å². The predicted molar refractivity (Wildman–Crippen MR) is 125 cm³/mol. The second-order valence-electron chi connectivity index (χ2n) is 9.06. The Kier molecular flexibility index (Phi) is 7.20. The topological polar surface area (TPSA) is 90.0 Å². The second-order valence-corrected chi connectivity index (χ2v) is 9.06. The summed E-state index contributed by atoms with van der Waals surface area (Å²) in [6, 6.07) is 16.0. The van der Waals surface area contributed by atoms with Gasteiger partial charge in [-0.1, -0.05) is 56.3 Å². The number of hydrogen-bond acceptors (Lipinski definition) is 4. The van der Waals surface area contributed by atoms with Crippen molar-refractivity contribution in [2.75, 3.05) is 0 Å². The molecule has 0 bridgehead atoms. The molecule has 6 nitrogen and oxygen atoms in total. The third-order valence-electron chi connectivity index (χ3n) is 6.35. The number of rotatable bonds is 8. The highest BCUT2D eigenvalue weighted by Gasteiger charge is 2.47. The van der Waals surface area contributed by atoms with Gasteiger partial charge in [-0.05, 0) is 29.7 Å². The fraction of sp³-hybridized carbons (Fsp3) is 0.385. The van der Waals surface area contributed by atoms with E-state index in [0.29, 0.717) is 19.5 Å². The SMILES string of the molecule is CC(C)c1ncc([C@@H]2[C@H](O)[C@@H](C(=O)NCc3ccccc3)C[C@H]2NCc2cccc(F)c2)[nH]1. The summed E-state index contributed by atoms with van der Waals surface area (Å²) in [5.74, 6) is -0.278. The summed E-state index contributed by atoms with van der Waals surface area (Å²) in [5.41, 5.74) is 2.62. The highest BCUT2D eigenvalue weighted by molar-refractivity contribution is 5.80. The minimum atomic E-state index is -0.869. The molecule has 1 aliphatic carbocycles. The van der Waals surface area contributed by atoms with Crippen LogP contribution in [0.2, 0.25) is 0 Å². The van der Waals surface area contributed by atoms with Crippen LogP contribution < -0.4 is 10.6 Å². The summed E-state index contributed by atoms with van der Waals surface area (Å²) >= 11 is 0. The minimum Gasteiger partial charge on any atom is -0.392 e. The highest BCUT2D eigenvalue weighted by atomic mass is 19.1. The predicted octanol–water partition coefficient (Wildman–Crippen LogP) is 3.61. The van der Waals surface area contributed by atoms with E-state index < -0.39 is 12.0 Å². The van der Waals surface area contributed by atoms with Gasteiger partial charge in [0.05, 0.1) is 12.0 Å². The van der Waals surface area contributed by atoms with Crippen LogP contribution in [0.3, 0.4) is 0 Å². The number of aromatic amines is 1. The van der Waals surface area contributed by atoms with E-state index in [4.69, 9.17) is 0 Å². The maximum atomic E-state index is 13.6. The molecule has 1 saturated carbocycles. The van der Waals surface area contributed by atoms with Gasteiger partial charge in [-0.25, -0.2) is 9.37 Å². The molecule has 33 heavy (non-hydrogen) atoms. The molecule has 0 unspecified atom stereocenters. The number of aromatic nitrogens is 2. The maximum Gasteiger partial charge on any atom is 0.226 e. The van der Waals surface area contributed by atoms with E-state index in [1.54, 1.807) is 12.3 Å². The van der Waals surface area contributed by atoms with Crippen molar-refractivity contribution >= 4 is 5.91 Å². The van der Waals surface area contributed by atoms with Crippen LogP contribution in [0.1, 0.15) is 54.7 Å². The van der Waals surface area contributed by atoms with Crippen LogP contribution in [0.5, 0.6) is 0 Å². The summed E-state index contributed by atoms with van der Waals surface area (Å²) < 4.78 is 13.6. The summed E-state index contributed by atoms with van der Waals surface area (Å²) in [7, 11) is 0. The van der Waals surface area contributed by atoms with Gasteiger partial charge in [0.1, 0.15) is 11.6 Å². The average molecular weight is 451 g/mol. The van der Waals surface area contributed by atoms with E-state index in [1.165, 1.54) is 12.1 Å². The van der Waals surface area contributed by atoms with Crippen LogP contribution in [-0.4, -0.2) is 33.1 Å². The molecule has 1 amide bonds. The molecule has 1 fully saturated rings. The Labute approximate surface area is 193 Å². The van der Waals surface area contributed by atoms with Crippen LogP contribution in [0.25, 0.3) is 0 Å². The van der Waals surface area contributed by atoms with Crippen molar-refractivity contribution in [3.8, 4) is 0 Å². The highest BCUT2D eigenvalue weighted by Crippen LogP contribution is 2.39. The Morgan fingerprint density at radius 3 is 2.61 bits per heavy atom. The number of nitrogens with one attached hydrogen (secondary N) is 3. The third kappa shape index (κ3) is 5.49. The molecule has 0 saturated heterocycles. The molecule has 0 spiro atoms. The van der Waals surface area contributed by atoms with Gasteiger partial charge in [0, 0.05) is 42.9 Å². The minimum absolute atomic E-state index is 0.170. The first-order valence-electron chi connectivity index (χ1n) is 11.4. The fourth-order valence-corrected chi connectivity index (χ4v) is 4.55. The van der Waals surface area contributed by atoms with Crippen LogP contribution >= 0.6 is 0 Å². The zero-order valence-corrected chi connectivity index (χ0v) is 19.0. The third-order valence-corrected chi connectivity index (χ3v) is 6.35. The fourth-order valence-electron chi connectivity index (χ4n) is 4.55. The quantitative estimate of drug-likeness (QED) is 0.422. The van der Waals surface area contributed by atoms with Crippen molar-refractivity contribution in [1.29, 1.82) is 0 Å². The number of aliphatic hydroxyl groups is 1. The molecule has 174 valence electrons. The molecule has 4 rings (SSSR count). The van der Waals surface area contributed by atoms with Gasteiger partial charge < -0.3 is 20.7 Å². The zero-order valence-electron chi connectivity index (χ0n) is 19.0. The largest absolute Gasteiger partial charge is 0.392 e. The van der Waals surface area contributed by atoms with Gasteiger partial charge in [-0.2, -0.15) is 0 Å². The summed E-state index contributed by atoms with van der Waals surface area (Å²) in [6.07, 6.45) is 1.36. The second kappa shape index (κ2) is 10.3. The number of hydrogen-bond donors (Lipinski definition) is 4. The molecule has 2 aromatic carbocycles. The van der Waals surface area contributed by atoms with E-state index in [9.17, 15) is 14.3 Å². The van der Waals surface area contributed by atoms with E-state index in [-0.39, 0.29) is 29.6 Å². The molecular weight excluding hydrogens is 419 g/mol. The van der Waals surface area contributed by atoms with Crippen molar-refractivity contribution < 1.29 is 14.3 Å². The van der Waals surface area contributed by atoms with Crippen molar-refractivity contribution in [3.63, 3.8) is 0 Å². The lowest BCUT2D eigenvalue weighted by molar-refractivity contribution is -0.127. The number of imidazole rings is 1. The lowest BCUT2D eigenvalue weighted by Gasteiger charge is -2.22. The van der Waals surface area contributed by atoms with Crippen molar-refractivity contribution in [3.05, 3.63) is 89.3 Å². The van der Waals surface area contributed by atoms with E-state index in [2.05, 4.69) is 20.6 Å². The monoisotopic (exact) mass is 450 g/mol. The Hall–Kier alpha value is -3.03. The Morgan fingerprint density at radius 1 is 1.15 bits per heavy atom. The van der Waals surface area contributed by atoms with Crippen LogP contribution in [0.15, 0.2) is 60.8 Å². The molecule has 4 atom stereocenters. The van der Waals surface area contributed by atoms with Gasteiger partial charge in [0.15, 0.2) is 0 Å². The van der Waals surface area contributed by atoms with Crippen LogP contribution in [0.4, 0.5) is 4.39 Å². The van der Waals surface area contributed by atoms with Crippen molar-refractivity contribution in [1.82, 2.24) is 20.6 Å². The van der Waals surface area contributed by atoms with Gasteiger partial charge in [0.2, 0.25) is 5.91 Å². The van der Waals surface area contributed by atoms with Crippen LogP contribution in [0, 0.1) is 11.7 Å². The molecule has 1 aliphatic rings. The Bertz CT molecular complexity index is 1070. The first-order valence-corrected chi connectivity index (χ1v) is 11.4. The van der Waals surface area contributed by atoms with Gasteiger partial charge in [-0.3, -0.25) is 4.79 Å². The first kappa shape index (κ1) is 23.1. The number of H-pyrrole nitrogens is 1. The van der Waals surface area contributed by atoms with Gasteiger partial charge >= 0.3 is 0 Å². The molecule has 0 radical (unpaired) electrons. The number of halogens is 1. The number of amides is 1. The number of carbonyl (C=O) groups excluding carboxylic acids is 1. The Balaban J connectivity index is 1.50. The molecule has 3 aromatic rings. The first-order chi connectivity index (χ1) is 15.9. The normalized spacial score (nSPS) is 22.6. The van der Waals surface area contributed by atoms with E-state index in [0.717, 1.165) is 22.6 Å². The maximum absolute atomic E-state index is 13.6. The number of benzene rings is 2. The van der Waals surface area contributed by atoms with Crippen molar-refractivity contribution in [2.24, 2.45) is 5.92 Å². The number of nitrogens with zero attached hydrogens (tertiary/aromatic N) is 1. The number of carbonyl (C=O) groups is 1. The average Bonchev–Trinajstić information content (AvgIpc) is 3.41. The Morgan fingerprint density at radius 2 is 1.91 bits per heavy atom. The zero-order chi connectivity index (χ0) is 23.4. The molecule has 1 aromatic heterocycles.